The first-order chi connectivity index (χ1) is 8.74. The Morgan fingerprint density at radius 1 is 1.33 bits per heavy atom. The quantitative estimate of drug-likeness (QED) is 0.901. The number of nitrogens with zero attached hydrogens (tertiary/aromatic N) is 2. The van der Waals surface area contributed by atoms with E-state index >= 15 is 0 Å². The Bertz CT molecular complexity index is 566. The summed E-state index contributed by atoms with van der Waals surface area (Å²) < 4.78 is 13.3. The number of hydrogen-bond acceptors (Lipinski definition) is 3. The van der Waals surface area contributed by atoms with Gasteiger partial charge in [-0.3, -0.25) is 0 Å². The number of hydrogen-bond donors (Lipinski definition) is 1. The maximum absolute atomic E-state index is 13.3. The summed E-state index contributed by atoms with van der Waals surface area (Å²) in [6.45, 7) is 2.16. The van der Waals surface area contributed by atoms with Crippen molar-refractivity contribution in [3.05, 3.63) is 30.3 Å². The van der Waals surface area contributed by atoms with Gasteiger partial charge >= 0.3 is 0 Å². The summed E-state index contributed by atoms with van der Waals surface area (Å²) in [5, 5.41) is 4.15. The molecule has 1 aliphatic carbocycles. The fraction of sp³-hybridized carbons (Fsp3) is 0.429. The molecule has 0 spiro atoms. The Kier molecular flexibility index (Phi) is 2.86. The molecule has 3 rings (SSSR count). The summed E-state index contributed by atoms with van der Waals surface area (Å²) in [5.74, 6) is 1.19. The first-order valence-corrected chi connectivity index (χ1v) is 6.41. The van der Waals surface area contributed by atoms with Gasteiger partial charge in [0, 0.05) is 11.4 Å². The predicted octanol–water partition coefficient (Wildman–Crippen LogP) is 3.37. The zero-order chi connectivity index (χ0) is 12.5. The maximum Gasteiger partial charge on any atom is 0.137 e. The highest BCUT2D eigenvalue weighted by Gasteiger charge is 2.24. The van der Waals surface area contributed by atoms with Gasteiger partial charge in [0.1, 0.15) is 18.0 Å². The van der Waals surface area contributed by atoms with Crippen LogP contribution in [-0.4, -0.2) is 16.0 Å². The molecule has 1 N–H and O–H groups in total. The summed E-state index contributed by atoms with van der Waals surface area (Å²) in [6.07, 6.45) is 5.38. The summed E-state index contributed by atoms with van der Waals surface area (Å²) >= 11 is 0. The van der Waals surface area contributed by atoms with Crippen molar-refractivity contribution >= 4 is 16.7 Å². The highest BCUT2D eigenvalue weighted by molar-refractivity contribution is 5.88. The highest BCUT2D eigenvalue weighted by atomic mass is 19.1. The molecule has 18 heavy (non-hydrogen) atoms. The second kappa shape index (κ2) is 4.52. The number of benzene rings is 1. The predicted molar refractivity (Wildman–Crippen MR) is 69.9 cm³/mol. The Morgan fingerprint density at radius 3 is 2.89 bits per heavy atom. The summed E-state index contributed by atoms with van der Waals surface area (Å²) in [6, 6.07) is 4.98. The van der Waals surface area contributed by atoms with Crippen LogP contribution in [0.15, 0.2) is 24.5 Å². The lowest BCUT2D eigenvalue weighted by Crippen LogP contribution is -2.31. The minimum atomic E-state index is -0.253. The molecular formula is C14H16FN3. The molecular weight excluding hydrogens is 229 g/mol. The van der Waals surface area contributed by atoms with E-state index in [1.54, 1.807) is 6.07 Å². The second-order valence-electron chi connectivity index (χ2n) is 5.01. The van der Waals surface area contributed by atoms with Gasteiger partial charge in [0.15, 0.2) is 0 Å². The van der Waals surface area contributed by atoms with E-state index in [4.69, 9.17) is 0 Å². The van der Waals surface area contributed by atoms with Crippen LogP contribution >= 0.6 is 0 Å². The number of halogens is 1. The van der Waals surface area contributed by atoms with E-state index in [9.17, 15) is 4.39 Å². The van der Waals surface area contributed by atoms with Crippen molar-refractivity contribution in [1.82, 2.24) is 9.97 Å². The third-order valence-corrected chi connectivity index (χ3v) is 3.82. The lowest BCUT2D eigenvalue weighted by atomic mass is 9.80. The number of rotatable bonds is 3. The molecule has 1 aromatic carbocycles. The molecule has 1 heterocycles. The Labute approximate surface area is 105 Å². The minimum absolute atomic E-state index is 0.253. The van der Waals surface area contributed by atoms with E-state index in [0.29, 0.717) is 12.0 Å². The van der Waals surface area contributed by atoms with Gasteiger partial charge in [-0.05, 0) is 43.9 Å². The van der Waals surface area contributed by atoms with Crippen LogP contribution < -0.4 is 5.32 Å². The Morgan fingerprint density at radius 2 is 2.17 bits per heavy atom. The summed E-state index contributed by atoms with van der Waals surface area (Å²) in [5.41, 5.74) is 0.773. The van der Waals surface area contributed by atoms with Crippen molar-refractivity contribution in [2.75, 3.05) is 5.32 Å². The normalized spacial score (nSPS) is 17.4. The van der Waals surface area contributed by atoms with Crippen LogP contribution in [0.4, 0.5) is 10.2 Å². The fourth-order valence-electron chi connectivity index (χ4n) is 2.42. The van der Waals surface area contributed by atoms with Crippen molar-refractivity contribution in [1.29, 1.82) is 0 Å². The van der Waals surface area contributed by atoms with E-state index in [0.717, 1.165) is 16.7 Å². The largest absolute Gasteiger partial charge is 0.367 e. The van der Waals surface area contributed by atoms with Crippen LogP contribution in [-0.2, 0) is 0 Å². The molecule has 3 nitrogen and oxygen atoms in total. The van der Waals surface area contributed by atoms with Crippen molar-refractivity contribution in [2.45, 2.75) is 32.2 Å². The Balaban J connectivity index is 1.92. The van der Waals surface area contributed by atoms with Crippen LogP contribution in [0.1, 0.15) is 26.2 Å². The van der Waals surface area contributed by atoms with E-state index in [1.165, 1.54) is 37.7 Å². The van der Waals surface area contributed by atoms with Gasteiger partial charge in [-0.15, -0.1) is 0 Å². The molecule has 1 fully saturated rings. The SMILES string of the molecule is CC(Nc1ncnc2ccc(F)cc12)C1CCC1. The van der Waals surface area contributed by atoms with Gasteiger partial charge in [0.2, 0.25) is 0 Å². The van der Waals surface area contributed by atoms with Crippen molar-refractivity contribution < 1.29 is 4.39 Å². The smallest absolute Gasteiger partial charge is 0.137 e. The van der Waals surface area contributed by atoms with Crippen LogP contribution in [0.25, 0.3) is 10.9 Å². The van der Waals surface area contributed by atoms with Crippen LogP contribution in [0, 0.1) is 11.7 Å². The molecule has 1 atom stereocenters. The van der Waals surface area contributed by atoms with Gasteiger partial charge in [0.05, 0.1) is 5.52 Å². The van der Waals surface area contributed by atoms with Crippen LogP contribution in [0.2, 0.25) is 0 Å². The third kappa shape index (κ3) is 2.03. The molecule has 0 saturated heterocycles. The standard InChI is InChI=1S/C14H16FN3/c1-9(10-3-2-4-10)18-14-12-7-11(15)5-6-13(12)16-8-17-14/h5-10H,2-4H2,1H3,(H,16,17,18). The van der Waals surface area contributed by atoms with Crippen LogP contribution in [0.3, 0.4) is 0 Å². The molecule has 2 aromatic rings. The molecule has 1 aromatic heterocycles. The topological polar surface area (TPSA) is 37.8 Å². The number of anilines is 1. The van der Waals surface area contributed by atoms with E-state index in [-0.39, 0.29) is 5.82 Å². The lowest BCUT2D eigenvalue weighted by Gasteiger charge is -2.32. The number of nitrogens with one attached hydrogen (secondary N) is 1. The molecule has 0 amide bonds. The number of aromatic nitrogens is 2. The fourth-order valence-corrected chi connectivity index (χ4v) is 2.42. The van der Waals surface area contributed by atoms with Gasteiger partial charge in [-0.25, -0.2) is 14.4 Å². The summed E-state index contributed by atoms with van der Waals surface area (Å²) in [4.78, 5) is 8.39. The highest BCUT2D eigenvalue weighted by Crippen LogP contribution is 2.31. The zero-order valence-electron chi connectivity index (χ0n) is 10.4. The molecule has 94 valence electrons. The Hall–Kier alpha value is -1.71. The molecule has 1 unspecified atom stereocenters. The molecule has 0 bridgehead atoms. The first-order valence-electron chi connectivity index (χ1n) is 6.41. The van der Waals surface area contributed by atoms with Gasteiger partial charge in [-0.1, -0.05) is 6.42 Å². The average Bonchev–Trinajstić information content (AvgIpc) is 2.27. The lowest BCUT2D eigenvalue weighted by molar-refractivity contribution is 0.285. The molecule has 1 aliphatic rings. The van der Waals surface area contributed by atoms with Crippen molar-refractivity contribution in [3.8, 4) is 0 Å². The van der Waals surface area contributed by atoms with E-state index < -0.39 is 0 Å². The molecule has 0 radical (unpaired) electrons. The first kappa shape index (κ1) is 11.4. The van der Waals surface area contributed by atoms with Gasteiger partial charge in [-0.2, -0.15) is 0 Å². The van der Waals surface area contributed by atoms with E-state index in [2.05, 4.69) is 22.2 Å². The number of fused-ring (bicyclic) bond motifs is 1. The maximum atomic E-state index is 13.3. The molecule has 0 aliphatic heterocycles. The molecule has 4 heteroatoms. The van der Waals surface area contributed by atoms with Gasteiger partial charge < -0.3 is 5.32 Å². The van der Waals surface area contributed by atoms with Gasteiger partial charge in [0.25, 0.3) is 0 Å². The molecule has 1 saturated carbocycles. The van der Waals surface area contributed by atoms with Crippen molar-refractivity contribution in [2.24, 2.45) is 5.92 Å². The second-order valence-corrected chi connectivity index (χ2v) is 5.01. The van der Waals surface area contributed by atoms with Crippen molar-refractivity contribution in [3.63, 3.8) is 0 Å². The van der Waals surface area contributed by atoms with E-state index in [1.807, 2.05) is 0 Å². The third-order valence-electron chi connectivity index (χ3n) is 3.82. The average molecular weight is 245 g/mol. The summed E-state index contributed by atoms with van der Waals surface area (Å²) in [7, 11) is 0. The monoisotopic (exact) mass is 245 g/mol. The van der Waals surface area contributed by atoms with Crippen LogP contribution in [0.5, 0.6) is 0 Å². The zero-order valence-corrected chi connectivity index (χ0v) is 10.4. The minimum Gasteiger partial charge on any atom is -0.367 e.